The maximum atomic E-state index is 12.9. The number of benzene rings is 1. The first-order valence-electron chi connectivity index (χ1n) is 7.69. The molecule has 6 nitrogen and oxygen atoms in total. The minimum atomic E-state index is -4.10. The smallest absolute Gasteiger partial charge is 0.251 e. The number of halogens is 1. The second-order valence-electron chi connectivity index (χ2n) is 5.91. The molecule has 24 heavy (non-hydrogen) atoms. The van der Waals surface area contributed by atoms with Gasteiger partial charge in [0.1, 0.15) is 11.1 Å². The van der Waals surface area contributed by atoms with E-state index in [-0.39, 0.29) is 4.90 Å². The quantitative estimate of drug-likeness (QED) is 0.789. The van der Waals surface area contributed by atoms with Crippen molar-refractivity contribution >= 4 is 25.8 Å². The molecule has 1 aliphatic carbocycles. The number of rotatable bonds is 5. The van der Waals surface area contributed by atoms with Gasteiger partial charge in [-0.3, -0.25) is 9.52 Å². The average Bonchev–Trinajstić information content (AvgIpc) is 2.55. The Labute approximate surface area is 141 Å². The average molecular weight is 377 g/mol. The highest BCUT2D eigenvalue weighted by molar-refractivity contribution is 7.93. The molecule has 134 valence electrons. The summed E-state index contributed by atoms with van der Waals surface area (Å²) in [6, 6.07) is 4.03. The van der Waals surface area contributed by atoms with Gasteiger partial charge in [0.2, 0.25) is 10.0 Å². The summed E-state index contributed by atoms with van der Waals surface area (Å²) < 4.78 is 64.0. The molecule has 0 heterocycles. The van der Waals surface area contributed by atoms with Crippen molar-refractivity contribution in [3.05, 3.63) is 30.1 Å². The molecule has 0 bridgehead atoms. The van der Waals surface area contributed by atoms with Crippen molar-refractivity contribution in [2.45, 2.75) is 54.4 Å². The van der Waals surface area contributed by atoms with Crippen LogP contribution in [0.4, 0.5) is 4.39 Å². The lowest BCUT2D eigenvalue weighted by Crippen LogP contribution is -2.45. The number of sulfonamides is 1. The predicted octanol–water partition coefficient (Wildman–Crippen LogP) is 1.77. The van der Waals surface area contributed by atoms with Gasteiger partial charge in [0, 0.05) is 0 Å². The summed E-state index contributed by atoms with van der Waals surface area (Å²) in [5, 5.41) is -2.27. The highest BCUT2D eigenvalue weighted by atomic mass is 32.2. The summed E-state index contributed by atoms with van der Waals surface area (Å²) in [6.07, 6.45) is 3.41. The standard InChI is InChI=1S/C15H20FNO5S2/c1-11(23(19,20)13-9-7-12(16)8-10-13)15(18)17-24(21,22)14-5-3-2-4-6-14/h7-11,14H,2-6H2,1H3,(H,17,18). The lowest BCUT2D eigenvalue weighted by molar-refractivity contribution is -0.118. The van der Waals surface area contributed by atoms with Crippen LogP contribution < -0.4 is 4.72 Å². The maximum absolute atomic E-state index is 12.9. The van der Waals surface area contributed by atoms with E-state index in [4.69, 9.17) is 0 Å². The van der Waals surface area contributed by atoms with Crippen LogP contribution in [0.1, 0.15) is 39.0 Å². The van der Waals surface area contributed by atoms with Crippen LogP contribution in [-0.2, 0) is 24.7 Å². The zero-order valence-electron chi connectivity index (χ0n) is 13.2. The normalized spacial score (nSPS) is 18.1. The summed E-state index contributed by atoms with van der Waals surface area (Å²) in [6.45, 7) is 1.12. The Morgan fingerprint density at radius 1 is 1.08 bits per heavy atom. The molecule has 1 atom stereocenters. The highest BCUT2D eigenvalue weighted by Gasteiger charge is 2.35. The van der Waals surface area contributed by atoms with Gasteiger partial charge in [-0.2, -0.15) is 0 Å². The van der Waals surface area contributed by atoms with Crippen LogP contribution in [0.15, 0.2) is 29.2 Å². The molecular formula is C15H20FNO5S2. The molecule has 1 N–H and O–H groups in total. The molecule has 0 saturated heterocycles. The molecule has 1 fully saturated rings. The predicted molar refractivity (Wildman–Crippen MR) is 87.0 cm³/mol. The molecule has 0 aliphatic heterocycles. The number of nitrogens with one attached hydrogen (secondary N) is 1. The van der Waals surface area contributed by atoms with E-state index in [1.165, 1.54) is 0 Å². The zero-order chi connectivity index (χ0) is 18.0. The van der Waals surface area contributed by atoms with E-state index >= 15 is 0 Å². The van der Waals surface area contributed by atoms with E-state index < -0.39 is 42.1 Å². The van der Waals surface area contributed by atoms with E-state index in [0.29, 0.717) is 12.8 Å². The summed E-state index contributed by atoms with van der Waals surface area (Å²) >= 11 is 0. The summed E-state index contributed by atoms with van der Waals surface area (Å²) in [5.74, 6) is -1.70. The van der Waals surface area contributed by atoms with Crippen molar-refractivity contribution in [3.63, 3.8) is 0 Å². The number of amides is 1. The van der Waals surface area contributed by atoms with Crippen molar-refractivity contribution in [2.24, 2.45) is 0 Å². The van der Waals surface area contributed by atoms with Crippen LogP contribution in [0.5, 0.6) is 0 Å². The van der Waals surface area contributed by atoms with E-state index in [9.17, 15) is 26.0 Å². The Kier molecular flexibility index (Phi) is 5.64. The van der Waals surface area contributed by atoms with Crippen LogP contribution in [0.2, 0.25) is 0 Å². The van der Waals surface area contributed by atoms with Crippen molar-refractivity contribution < 1.29 is 26.0 Å². The molecule has 1 saturated carbocycles. The van der Waals surface area contributed by atoms with Gasteiger partial charge in [-0.05, 0) is 44.0 Å². The van der Waals surface area contributed by atoms with E-state index in [0.717, 1.165) is 50.5 Å². The number of carbonyl (C=O) groups is 1. The van der Waals surface area contributed by atoms with Gasteiger partial charge in [-0.25, -0.2) is 21.2 Å². The van der Waals surface area contributed by atoms with Gasteiger partial charge < -0.3 is 0 Å². The first-order chi connectivity index (χ1) is 11.1. The molecule has 9 heteroatoms. The fraction of sp³-hybridized carbons (Fsp3) is 0.533. The van der Waals surface area contributed by atoms with Gasteiger partial charge in [0.05, 0.1) is 10.1 Å². The van der Waals surface area contributed by atoms with E-state index in [2.05, 4.69) is 0 Å². The minimum Gasteiger partial charge on any atom is -0.273 e. The van der Waals surface area contributed by atoms with Gasteiger partial charge in [0.15, 0.2) is 9.84 Å². The lowest BCUT2D eigenvalue weighted by Gasteiger charge is -2.22. The molecular weight excluding hydrogens is 357 g/mol. The Morgan fingerprint density at radius 2 is 1.62 bits per heavy atom. The highest BCUT2D eigenvalue weighted by Crippen LogP contribution is 2.23. The lowest BCUT2D eigenvalue weighted by atomic mass is 10.0. The first kappa shape index (κ1) is 18.9. The molecule has 1 amide bonds. The zero-order valence-corrected chi connectivity index (χ0v) is 14.9. The summed E-state index contributed by atoms with van der Waals surface area (Å²) in [7, 11) is -8.00. The Bertz CT molecular complexity index is 797. The molecule has 0 aromatic heterocycles. The Morgan fingerprint density at radius 3 is 2.17 bits per heavy atom. The van der Waals surface area contributed by atoms with Gasteiger partial charge in [0.25, 0.3) is 5.91 Å². The maximum Gasteiger partial charge on any atom is 0.251 e. The van der Waals surface area contributed by atoms with Crippen LogP contribution in [0.25, 0.3) is 0 Å². The third-order valence-electron chi connectivity index (χ3n) is 4.21. The van der Waals surface area contributed by atoms with Crippen molar-refractivity contribution in [1.82, 2.24) is 4.72 Å². The second kappa shape index (κ2) is 7.18. The fourth-order valence-electron chi connectivity index (χ4n) is 2.65. The summed E-state index contributed by atoms with van der Waals surface area (Å²) in [5.41, 5.74) is 0. The molecule has 1 aromatic rings. The largest absolute Gasteiger partial charge is 0.273 e. The third kappa shape index (κ3) is 4.13. The Hall–Kier alpha value is -1.48. The van der Waals surface area contributed by atoms with Crippen LogP contribution in [0.3, 0.4) is 0 Å². The monoisotopic (exact) mass is 377 g/mol. The van der Waals surface area contributed by atoms with Crippen molar-refractivity contribution in [3.8, 4) is 0 Å². The van der Waals surface area contributed by atoms with E-state index in [1.807, 2.05) is 4.72 Å². The fourth-order valence-corrected chi connectivity index (χ4v) is 5.57. The third-order valence-corrected chi connectivity index (χ3v) is 8.12. The molecule has 0 radical (unpaired) electrons. The molecule has 2 rings (SSSR count). The second-order valence-corrected chi connectivity index (χ2v) is 10.1. The first-order valence-corrected chi connectivity index (χ1v) is 10.8. The van der Waals surface area contributed by atoms with Crippen LogP contribution in [0, 0.1) is 5.82 Å². The van der Waals surface area contributed by atoms with Crippen molar-refractivity contribution in [2.75, 3.05) is 0 Å². The molecule has 1 aliphatic rings. The topological polar surface area (TPSA) is 97.4 Å². The number of hydrogen-bond acceptors (Lipinski definition) is 5. The summed E-state index contributed by atoms with van der Waals surface area (Å²) in [4.78, 5) is 11.9. The Balaban J connectivity index is 2.15. The van der Waals surface area contributed by atoms with Gasteiger partial charge in [-0.1, -0.05) is 19.3 Å². The minimum absolute atomic E-state index is 0.235. The van der Waals surface area contributed by atoms with Crippen LogP contribution >= 0.6 is 0 Å². The van der Waals surface area contributed by atoms with Gasteiger partial charge in [-0.15, -0.1) is 0 Å². The molecule has 1 unspecified atom stereocenters. The molecule has 1 aromatic carbocycles. The number of sulfone groups is 1. The van der Waals surface area contributed by atoms with E-state index in [1.54, 1.807) is 0 Å². The molecule has 0 spiro atoms. The van der Waals surface area contributed by atoms with Crippen LogP contribution in [-0.4, -0.2) is 33.2 Å². The van der Waals surface area contributed by atoms with Crippen molar-refractivity contribution in [1.29, 1.82) is 0 Å². The SMILES string of the molecule is CC(C(=O)NS(=O)(=O)C1CCCCC1)S(=O)(=O)c1ccc(F)cc1. The van der Waals surface area contributed by atoms with Gasteiger partial charge >= 0.3 is 0 Å². The number of hydrogen-bond donors (Lipinski definition) is 1. The number of carbonyl (C=O) groups excluding carboxylic acids is 1.